The van der Waals surface area contributed by atoms with Crippen LogP contribution in [0, 0.1) is 0 Å². The van der Waals surface area contributed by atoms with Gasteiger partial charge in [0.05, 0.1) is 12.7 Å². The monoisotopic (exact) mass is 434 g/mol. The van der Waals surface area contributed by atoms with Crippen LogP contribution in [-0.2, 0) is 0 Å². The van der Waals surface area contributed by atoms with Gasteiger partial charge in [0.2, 0.25) is 0 Å². The number of H-pyrrole nitrogens is 1. The van der Waals surface area contributed by atoms with Gasteiger partial charge in [-0.2, -0.15) is 13.2 Å². The largest absolute Gasteiger partial charge is 0.497 e. The molecule has 4 rings (SSSR count). The van der Waals surface area contributed by atoms with Gasteiger partial charge in [-0.3, -0.25) is 4.79 Å². The molecule has 0 spiro atoms. The first-order chi connectivity index (χ1) is 14.4. The number of aromatic nitrogens is 1. The second-order valence-corrected chi connectivity index (χ2v) is 8.37. The van der Waals surface area contributed by atoms with E-state index in [1.54, 1.807) is 18.1 Å². The van der Waals surface area contributed by atoms with Crippen molar-refractivity contribution in [2.24, 2.45) is 0 Å². The van der Waals surface area contributed by atoms with Gasteiger partial charge in [0.1, 0.15) is 5.75 Å². The SMILES string of the molecule is COc1ccc2[nH]cc(C3CCN(C(=O)c4ccccc4SC(F)(F)F)CC3)c2c1. The van der Waals surface area contributed by atoms with Crippen molar-refractivity contribution in [3.8, 4) is 5.75 Å². The van der Waals surface area contributed by atoms with Crippen molar-refractivity contribution in [3.05, 3.63) is 59.8 Å². The minimum Gasteiger partial charge on any atom is -0.497 e. The molecule has 1 aliphatic rings. The van der Waals surface area contributed by atoms with Crippen LogP contribution in [-0.4, -0.2) is 41.5 Å². The van der Waals surface area contributed by atoms with Crippen LogP contribution in [0.25, 0.3) is 10.9 Å². The standard InChI is InChI=1S/C22H21F3N2O2S/c1-29-15-6-7-19-17(12-15)18(13-26-19)14-8-10-27(11-9-14)21(28)16-4-2-3-5-20(16)30-22(23,24)25/h2-7,12-14,26H,8-11H2,1H3. The number of likely N-dealkylation sites (tertiary alicyclic amines) is 1. The summed E-state index contributed by atoms with van der Waals surface area (Å²) in [6.45, 7) is 1.01. The molecule has 2 aromatic carbocycles. The predicted octanol–water partition coefficient (Wildman–Crippen LogP) is 5.81. The molecule has 8 heteroatoms. The molecule has 1 saturated heterocycles. The zero-order valence-electron chi connectivity index (χ0n) is 16.3. The Morgan fingerprint density at radius 2 is 1.90 bits per heavy atom. The van der Waals surface area contributed by atoms with E-state index in [-0.39, 0.29) is 34.0 Å². The van der Waals surface area contributed by atoms with E-state index in [0.717, 1.165) is 29.5 Å². The lowest BCUT2D eigenvalue weighted by Crippen LogP contribution is -2.38. The highest BCUT2D eigenvalue weighted by Crippen LogP contribution is 2.39. The van der Waals surface area contributed by atoms with Crippen LogP contribution in [0.2, 0.25) is 0 Å². The molecule has 0 unspecified atom stereocenters. The summed E-state index contributed by atoms with van der Waals surface area (Å²) in [4.78, 5) is 17.8. The number of piperidine rings is 1. The Hall–Kier alpha value is -2.61. The highest BCUT2D eigenvalue weighted by molar-refractivity contribution is 8.00. The number of amides is 1. The third kappa shape index (κ3) is 4.28. The maximum atomic E-state index is 12.9. The van der Waals surface area contributed by atoms with Gasteiger partial charge in [-0.05, 0) is 66.4 Å². The fraction of sp³-hybridized carbons (Fsp3) is 0.318. The molecule has 2 heterocycles. The average Bonchev–Trinajstić information content (AvgIpc) is 3.16. The van der Waals surface area contributed by atoms with Crippen molar-refractivity contribution in [2.75, 3.05) is 20.2 Å². The van der Waals surface area contributed by atoms with Crippen molar-refractivity contribution in [3.63, 3.8) is 0 Å². The van der Waals surface area contributed by atoms with Crippen LogP contribution in [0.15, 0.2) is 53.6 Å². The van der Waals surface area contributed by atoms with Crippen LogP contribution in [0.3, 0.4) is 0 Å². The molecule has 4 nitrogen and oxygen atoms in total. The number of aromatic amines is 1. The quantitative estimate of drug-likeness (QED) is 0.527. The number of methoxy groups -OCH3 is 1. The van der Waals surface area contributed by atoms with Gasteiger partial charge in [-0.25, -0.2) is 0 Å². The number of nitrogens with one attached hydrogen (secondary N) is 1. The summed E-state index contributed by atoms with van der Waals surface area (Å²) < 4.78 is 43.9. The van der Waals surface area contributed by atoms with Crippen molar-refractivity contribution in [2.45, 2.75) is 29.2 Å². The highest BCUT2D eigenvalue weighted by atomic mass is 32.2. The van der Waals surface area contributed by atoms with E-state index >= 15 is 0 Å². The number of benzene rings is 2. The van der Waals surface area contributed by atoms with Gasteiger partial charge in [-0.1, -0.05) is 12.1 Å². The van der Waals surface area contributed by atoms with E-state index in [1.807, 2.05) is 24.4 Å². The Balaban J connectivity index is 1.49. The molecule has 1 aromatic heterocycles. The maximum Gasteiger partial charge on any atom is 0.446 e. The van der Waals surface area contributed by atoms with E-state index in [2.05, 4.69) is 4.98 Å². The number of alkyl halides is 3. The van der Waals surface area contributed by atoms with Crippen LogP contribution >= 0.6 is 11.8 Å². The van der Waals surface area contributed by atoms with Gasteiger partial charge in [0, 0.05) is 35.1 Å². The van der Waals surface area contributed by atoms with Crippen LogP contribution in [0.1, 0.15) is 34.7 Å². The fourth-order valence-corrected chi connectivity index (χ4v) is 4.67. The first-order valence-electron chi connectivity index (χ1n) is 9.65. The van der Waals surface area contributed by atoms with Gasteiger partial charge >= 0.3 is 5.51 Å². The molecule has 1 fully saturated rings. The smallest absolute Gasteiger partial charge is 0.446 e. The van der Waals surface area contributed by atoms with Gasteiger partial charge < -0.3 is 14.6 Å². The minimum absolute atomic E-state index is 0.0548. The van der Waals surface area contributed by atoms with E-state index < -0.39 is 5.51 Å². The first kappa shape index (κ1) is 20.7. The molecule has 158 valence electrons. The van der Waals surface area contributed by atoms with Crippen LogP contribution in [0.5, 0.6) is 5.75 Å². The predicted molar refractivity (Wildman–Crippen MR) is 111 cm³/mol. The van der Waals surface area contributed by atoms with E-state index in [4.69, 9.17) is 4.74 Å². The molecule has 0 radical (unpaired) electrons. The molecular weight excluding hydrogens is 413 g/mol. The lowest BCUT2D eigenvalue weighted by Gasteiger charge is -2.32. The van der Waals surface area contributed by atoms with E-state index in [1.165, 1.54) is 23.8 Å². The number of hydrogen-bond acceptors (Lipinski definition) is 3. The third-order valence-electron chi connectivity index (χ3n) is 5.49. The van der Waals surface area contributed by atoms with Crippen molar-refractivity contribution in [1.29, 1.82) is 0 Å². The molecule has 0 saturated carbocycles. The fourth-order valence-electron chi connectivity index (χ4n) is 4.01. The zero-order chi connectivity index (χ0) is 21.3. The Morgan fingerprint density at radius 3 is 2.60 bits per heavy atom. The summed E-state index contributed by atoms with van der Waals surface area (Å²) in [5, 5.41) is 1.10. The Kier molecular flexibility index (Phi) is 5.69. The first-order valence-corrected chi connectivity index (χ1v) is 10.5. The summed E-state index contributed by atoms with van der Waals surface area (Å²) in [5.74, 6) is 0.714. The molecular formula is C22H21F3N2O2S. The summed E-state index contributed by atoms with van der Waals surface area (Å²) in [6.07, 6.45) is 3.51. The Labute approximate surface area is 176 Å². The average molecular weight is 434 g/mol. The van der Waals surface area contributed by atoms with Gasteiger partial charge in [0.15, 0.2) is 0 Å². The number of carbonyl (C=O) groups excluding carboxylic acids is 1. The zero-order valence-corrected chi connectivity index (χ0v) is 17.1. The summed E-state index contributed by atoms with van der Waals surface area (Å²) in [6, 6.07) is 11.8. The number of nitrogens with zero attached hydrogens (tertiary/aromatic N) is 1. The number of ether oxygens (including phenoxy) is 1. The van der Waals surface area contributed by atoms with Crippen LogP contribution < -0.4 is 4.74 Å². The molecule has 1 amide bonds. The third-order valence-corrected chi connectivity index (χ3v) is 6.29. The number of rotatable bonds is 4. The summed E-state index contributed by atoms with van der Waals surface area (Å²) >= 11 is -0.240. The second kappa shape index (κ2) is 8.26. The molecule has 30 heavy (non-hydrogen) atoms. The number of halogens is 3. The number of thioether (sulfide) groups is 1. The highest BCUT2D eigenvalue weighted by Gasteiger charge is 2.33. The lowest BCUT2D eigenvalue weighted by molar-refractivity contribution is -0.0328. The lowest BCUT2D eigenvalue weighted by atomic mass is 9.89. The van der Waals surface area contributed by atoms with Gasteiger partial charge in [0.25, 0.3) is 5.91 Å². The Morgan fingerprint density at radius 1 is 1.17 bits per heavy atom. The molecule has 0 aliphatic carbocycles. The topological polar surface area (TPSA) is 45.3 Å². The molecule has 1 N–H and O–H groups in total. The van der Waals surface area contributed by atoms with Gasteiger partial charge in [-0.15, -0.1) is 0 Å². The number of hydrogen-bond donors (Lipinski definition) is 1. The minimum atomic E-state index is -4.43. The van der Waals surface area contributed by atoms with Crippen molar-refractivity contribution < 1.29 is 22.7 Å². The maximum absolute atomic E-state index is 12.9. The van der Waals surface area contributed by atoms with E-state index in [0.29, 0.717) is 13.1 Å². The van der Waals surface area contributed by atoms with E-state index in [9.17, 15) is 18.0 Å². The second-order valence-electron chi connectivity index (χ2n) is 7.27. The Bertz CT molecular complexity index is 1060. The van der Waals surface area contributed by atoms with Crippen molar-refractivity contribution >= 4 is 28.6 Å². The number of fused-ring (bicyclic) bond motifs is 1. The normalized spacial score (nSPS) is 15.5. The number of carbonyl (C=O) groups is 1. The molecule has 3 aromatic rings. The summed E-state index contributed by atoms with van der Waals surface area (Å²) in [7, 11) is 1.63. The molecule has 0 bridgehead atoms. The van der Waals surface area contributed by atoms with Crippen molar-refractivity contribution in [1.82, 2.24) is 9.88 Å². The van der Waals surface area contributed by atoms with Crippen LogP contribution in [0.4, 0.5) is 13.2 Å². The summed E-state index contributed by atoms with van der Waals surface area (Å²) in [5.41, 5.74) is -2.11. The molecule has 1 aliphatic heterocycles. The molecule has 0 atom stereocenters.